The van der Waals surface area contributed by atoms with Crippen molar-refractivity contribution in [3.05, 3.63) is 0 Å². The summed E-state index contributed by atoms with van der Waals surface area (Å²) in [5.41, 5.74) is 0.554. The minimum Gasteiger partial charge on any atom is -0.316 e. The number of likely N-dealkylation sites (tertiary alicyclic amines) is 1. The van der Waals surface area contributed by atoms with E-state index < -0.39 is 0 Å². The first-order valence-electron chi connectivity index (χ1n) is 7.93. The highest BCUT2D eigenvalue weighted by Crippen LogP contribution is 2.44. The molecule has 5 atom stereocenters. The molecule has 1 aliphatic carbocycles. The molecule has 0 radical (unpaired) electrons. The zero-order valence-electron chi connectivity index (χ0n) is 12.6. The number of fused-ring (bicyclic) bond motifs is 1. The van der Waals surface area contributed by atoms with Gasteiger partial charge in [0.15, 0.2) is 0 Å². The average Bonchev–Trinajstić information content (AvgIpc) is 2.79. The SMILES string of the molecule is CC1CC(N2CC3CNCC3C2C)CC(C)(C)C1. The third-order valence-electron chi connectivity index (χ3n) is 5.81. The summed E-state index contributed by atoms with van der Waals surface area (Å²) in [5, 5.41) is 3.58. The van der Waals surface area contributed by atoms with Crippen LogP contribution in [0, 0.1) is 23.2 Å². The van der Waals surface area contributed by atoms with Crippen LogP contribution >= 0.6 is 0 Å². The van der Waals surface area contributed by atoms with Crippen LogP contribution in [0.15, 0.2) is 0 Å². The summed E-state index contributed by atoms with van der Waals surface area (Å²) < 4.78 is 0. The summed E-state index contributed by atoms with van der Waals surface area (Å²) in [6.45, 7) is 13.7. The maximum absolute atomic E-state index is 3.58. The van der Waals surface area contributed by atoms with Crippen LogP contribution in [0.5, 0.6) is 0 Å². The van der Waals surface area contributed by atoms with Gasteiger partial charge in [-0.25, -0.2) is 0 Å². The normalized spacial score (nSPS) is 48.3. The molecule has 5 unspecified atom stereocenters. The van der Waals surface area contributed by atoms with E-state index in [0.717, 1.165) is 29.8 Å². The topological polar surface area (TPSA) is 15.3 Å². The van der Waals surface area contributed by atoms with E-state index in [-0.39, 0.29) is 0 Å². The summed E-state index contributed by atoms with van der Waals surface area (Å²) in [7, 11) is 0. The highest BCUT2D eigenvalue weighted by atomic mass is 15.2. The van der Waals surface area contributed by atoms with Crippen LogP contribution in [-0.2, 0) is 0 Å². The zero-order valence-corrected chi connectivity index (χ0v) is 12.6. The first-order chi connectivity index (χ1) is 8.46. The smallest absolute Gasteiger partial charge is 0.0114 e. The van der Waals surface area contributed by atoms with Gasteiger partial charge in [-0.2, -0.15) is 0 Å². The maximum Gasteiger partial charge on any atom is 0.0114 e. The fraction of sp³-hybridized carbons (Fsp3) is 1.00. The van der Waals surface area contributed by atoms with Crippen molar-refractivity contribution in [2.75, 3.05) is 19.6 Å². The standard InChI is InChI=1S/C16H30N2/c1-11-5-14(7-16(3,4)6-11)18-10-13-8-17-9-15(13)12(18)2/h11-15,17H,5-10H2,1-4H3. The minimum atomic E-state index is 0.554. The van der Waals surface area contributed by atoms with Crippen molar-refractivity contribution in [2.24, 2.45) is 23.2 Å². The first-order valence-corrected chi connectivity index (χ1v) is 7.93. The second-order valence-electron chi connectivity index (χ2n) is 8.09. The van der Waals surface area contributed by atoms with E-state index in [4.69, 9.17) is 0 Å². The predicted octanol–water partition coefficient (Wildman–Crippen LogP) is 2.74. The van der Waals surface area contributed by atoms with Crippen molar-refractivity contribution in [1.29, 1.82) is 0 Å². The van der Waals surface area contributed by atoms with Gasteiger partial charge in [0, 0.05) is 18.6 Å². The molecule has 2 nitrogen and oxygen atoms in total. The molecule has 0 aromatic heterocycles. The van der Waals surface area contributed by atoms with Gasteiger partial charge in [-0.3, -0.25) is 4.90 Å². The molecule has 1 N–H and O–H groups in total. The largest absolute Gasteiger partial charge is 0.316 e. The summed E-state index contributed by atoms with van der Waals surface area (Å²) in [6, 6.07) is 1.65. The molecule has 3 fully saturated rings. The van der Waals surface area contributed by atoms with Crippen LogP contribution in [-0.4, -0.2) is 36.6 Å². The molecule has 104 valence electrons. The van der Waals surface area contributed by atoms with Gasteiger partial charge in [-0.05, 0) is 62.4 Å². The lowest BCUT2D eigenvalue weighted by Crippen LogP contribution is -2.46. The Morgan fingerprint density at radius 3 is 2.56 bits per heavy atom. The van der Waals surface area contributed by atoms with Gasteiger partial charge in [0.2, 0.25) is 0 Å². The third kappa shape index (κ3) is 2.22. The molecule has 2 aliphatic heterocycles. The second-order valence-corrected chi connectivity index (χ2v) is 8.09. The molecule has 0 spiro atoms. The third-order valence-corrected chi connectivity index (χ3v) is 5.81. The molecule has 0 aromatic rings. The second kappa shape index (κ2) is 4.49. The fourth-order valence-electron chi connectivity index (χ4n) is 5.23. The van der Waals surface area contributed by atoms with Gasteiger partial charge in [0.05, 0.1) is 0 Å². The molecule has 2 heteroatoms. The van der Waals surface area contributed by atoms with Gasteiger partial charge >= 0.3 is 0 Å². The van der Waals surface area contributed by atoms with Gasteiger partial charge < -0.3 is 5.32 Å². The van der Waals surface area contributed by atoms with E-state index in [2.05, 4.69) is 37.9 Å². The van der Waals surface area contributed by atoms with Crippen molar-refractivity contribution in [3.8, 4) is 0 Å². The van der Waals surface area contributed by atoms with E-state index in [1.54, 1.807) is 0 Å². The Bertz CT molecular complexity index is 312. The molecule has 3 aliphatic rings. The van der Waals surface area contributed by atoms with Crippen LogP contribution in [0.3, 0.4) is 0 Å². The van der Waals surface area contributed by atoms with E-state index in [9.17, 15) is 0 Å². The monoisotopic (exact) mass is 250 g/mol. The number of hydrogen-bond acceptors (Lipinski definition) is 2. The summed E-state index contributed by atoms with van der Waals surface area (Å²) in [5.74, 6) is 2.76. The quantitative estimate of drug-likeness (QED) is 0.770. The molecular formula is C16H30N2. The van der Waals surface area contributed by atoms with Crippen molar-refractivity contribution in [2.45, 2.75) is 59.0 Å². The van der Waals surface area contributed by atoms with Gasteiger partial charge in [0.1, 0.15) is 0 Å². The van der Waals surface area contributed by atoms with Crippen LogP contribution in [0.25, 0.3) is 0 Å². The molecule has 0 aromatic carbocycles. The Hall–Kier alpha value is -0.0800. The highest BCUT2D eigenvalue weighted by Gasteiger charge is 2.46. The van der Waals surface area contributed by atoms with Crippen molar-refractivity contribution < 1.29 is 0 Å². The van der Waals surface area contributed by atoms with Gasteiger partial charge in [0.25, 0.3) is 0 Å². The van der Waals surface area contributed by atoms with E-state index in [1.807, 2.05) is 0 Å². The van der Waals surface area contributed by atoms with E-state index in [0.29, 0.717) is 5.41 Å². The van der Waals surface area contributed by atoms with Crippen LogP contribution in [0.1, 0.15) is 47.0 Å². The summed E-state index contributed by atoms with van der Waals surface area (Å²) >= 11 is 0. The molecule has 1 saturated carbocycles. The van der Waals surface area contributed by atoms with Crippen molar-refractivity contribution in [1.82, 2.24) is 10.2 Å². The lowest BCUT2D eigenvalue weighted by molar-refractivity contribution is 0.0562. The molecule has 2 heterocycles. The zero-order chi connectivity index (χ0) is 12.9. The minimum absolute atomic E-state index is 0.554. The van der Waals surface area contributed by atoms with Gasteiger partial charge in [-0.1, -0.05) is 20.8 Å². The molecule has 18 heavy (non-hydrogen) atoms. The van der Waals surface area contributed by atoms with Crippen LogP contribution < -0.4 is 5.32 Å². The number of rotatable bonds is 1. The van der Waals surface area contributed by atoms with Crippen LogP contribution in [0.4, 0.5) is 0 Å². The van der Waals surface area contributed by atoms with Crippen molar-refractivity contribution >= 4 is 0 Å². The number of hydrogen-bond donors (Lipinski definition) is 1. The summed E-state index contributed by atoms with van der Waals surface area (Å²) in [6.07, 6.45) is 4.26. The molecule has 3 rings (SSSR count). The predicted molar refractivity (Wildman–Crippen MR) is 76.6 cm³/mol. The van der Waals surface area contributed by atoms with E-state index in [1.165, 1.54) is 38.9 Å². The molecule has 2 saturated heterocycles. The molecule has 0 amide bonds. The number of nitrogens with one attached hydrogen (secondary N) is 1. The average molecular weight is 250 g/mol. The highest BCUT2D eigenvalue weighted by molar-refractivity contribution is 5.00. The Balaban J connectivity index is 1.71. The van der Waals surface area contributed by atoms with E-state index >= 15 is 0 Å². The molecular weight excluding hydrogens is 220 g/mol. The Labute approximate surface area is 113 Å². The van der Waals surface area contributed by atoms with Gasteiger partial charge in [-0.15, -0.1) is 0 Å². The number of nitrogens with zero attached hydrogens (tertiary/aromatic N) is 1. The first kappa shape index (κ1) is 12.9. The fourth-order valence-corrected chi connectivity index (χ4v) is 5.23. The Kier molecular flexibility index (Phi) is 3.22. The lowest BCUT2D eigenvalue weighted by Gasteiger charge is -2.44. The summed E-state index contributed by atoms with van der Waals surface area (Å²) in [4.78, 5) is 2.87. The Morgan fingerprint density at radius 2 is 1.89 bits per heavy atom. The maximum atomic E-state index is 3.58. The Morgan fingerprint density at radius 1 is 1.11 bits per heavy atom. The lowest BCUT2D eigenvalue weighted by atomic mass is 9.70. The van der Waals surface area contributed by atoms with Crippen molar-refractivity contribution in [3.63, 3.8) is 0 Å². The van der Waals surface area contributed by atoms with Crippen LogP contribution in [0.2, 0.25) is 0 Å². The molecule has 0 bridgehead atoms.